The smallest absolute Gasteiger partial charge is 0.126 e. The van der Waals surface area contributed by atoms with Gasteiger partial charge in [-0.15, -0.1) is 0 Å². The monoisotopic (exact) mass is 279 g/mol. The molecule has 0 fully saturated rings. The second kappa shape index (κ2) is 8.06. The molecule has 1 aromatic rings. The van der Waals surface area contributed by atoms with E-state index in [0.717, 1.165) is 11.1 Å². The van der Waals surface area contributed by atoms with Crippen LogP contribution < -0.4 is 9.47 Å². The molecule has 20 heavy (non-hydrogen) atoms. The summed E-state index contributed by atoms with van der Waals surface area (Å²) >= 11 is 0. The quantitative estimate of drug-likeness (QED) is 0.252. The molecule has 7 nitrogen and oxygen atoms in total. The molecule has 0 aliphatic carbocycles. The van der Waals surface area contributed by atoms with Crippen LogP contribution in [0.5, 0.6) is 11.5 Å². The van der Waals surface area contributed by atoms with Crippen molar-refractivity contribution in [2.75, 3.05) is 27.9 Å². The van der Waals surface area contributed by atoms with E-state index in [2.05, 4.69) is 14.9 Å². The highest BCUT2D eigenvalue weighted by Gasteiger charge is 2.08. The average Bonchev–Trinajstić information content (AvgIpc) is 2.46. The third-order valence-electron chi connectivity index (χ3n) is 2.61. The Morgan fingerprint density at radius 2 is 1.85 bits per heavy atom. The van der Waals surface area contributed by atoms with Crippen molar-refractivity contribution < 1.29 is 19.2 Å². The number of hydrogen-bond donors (Lipinski definition) is 0. The van der Waals surface area contributed by atoms with Crippen molar-refractivity contribution in [2.45, 2.75) is 6.92 Å². The molecule has 1 rings (SSSR count). The average molecular weight is 279 g/mol. The first-order valence-electron chi connectivity index (χ1n) is 5.80. The van der Waals surface area contributed by atoms with E-state index >= 15 is 0 Å². The van der Waals surface area contributed by atoms with Crippen LogP contribution in [0.1, 0.15) is 11.1 Å². The van der Waals surface area contributed by atoms with Crippen LogP contribution in [0.3, 0.4) is 0 Å². The van der Waals surface area contributed by atoms with Gasteiger partial charge in [0.25, 0.3) is 0 Å². The lowest BCUT2D eigenvalue weighted by molar-refractivity contribution is -0.265. The lowest BCUT2D eigenvalue weighted by Crippen LogP contribution is -1.96. The van der Waals surface area contributed by atoms with Gasteiger partial charge in [0.1, 0.15) is 18.1 Å². The zero-order valence-electron chi connectivity index (χ0n) is 11.9. The SMILES string of the molecule is COOC/C(=C/c1cc(OC)c(C)c(OC)c1)N=[N+]=[N-]. The lowest BCUT2D eigenvalue weighted by Gasteiger charge is -2.11. The largest absolute Gasteiger partial charge is 0.496 e. The molecule has 0 saturated carbocycles. The van der Waals surface area contributed by atoms with Gasteiger partial charge in [0, 0.05) is 16.2 Å². The number of benzene rings is 1. The highest BCUT2D eigenvalue weighted by molar-refractivity contribution is 5.60. The number of ether oxygens (including phenoxy) is 2. The van der Waals surface area contributed by atoms with Crippen LogP contribution >= 0.6 is 0 Å². The topological polar surface area (TPSA) is 85.7 Å². The fraction of sp³-hybridized carbons (Fsp3) is 0.385. The van der Waals surface area contributed by atoms with E-state index in [4.69, 9.17) is 19.9 Å². The Hall–Kier alpha value is -2.21. The van der Waals surface area contributed by atoms with Crippen LogP contribution in [0.25, 0.3) is 16.5 Å². The molecule has 0 spiro atoms. The molecule has 1 aromatic carbocycles. The predicted octanol–water partition coefficient (Wildman–Crippen LogP) is 3.24. The number of azide groups is 1. The van der Waals surface area contributed by atoms with Gasteiger partial charge in [0.2, 0.25) is 0 Å². The fourth-order valence-corrected chi connectivity index (χ4v) is 1.66. The molecule has 0 bridgehead atoms. The van der Waals surface area contributed by atoms with Crippen molar-refractivity contribution in [1.82, 2.24) is 0 Å². The van der Waals surface area contributed by atoms with Gasteiger partial charge in [-0.1, -0.05) is 5.11 Å². The molecule has 0 atom stereocenters. The van der Waals surface area contributed by atoms with Gasteiger partial charge in [0.05, 0.1) is 21.3 Å². The summed E-state index contributed by atoms with van der Waals surface area (Å²) in [7, 11) is 4.54. The van der Waals surface area contributed by atoms with E-state index in [1.165, 1.54) is 7.11 Å². The summed E-state index contributed by atoms with van der Waals surface area (Å²) in [5.74, 6) is 1.37. The molecule has 0 radical (unpaired) electrons. The van der Waals surface area contributed by atoms with Crippen LogP contribution in [0.15, 0.2) is 22.9 Å². The lowest BCUT2D eigenvalue weighted by atomic mass is 10.1. The van der Waals surface area contributed by atoms with Crippen molar-refractivity contribution in [2.24, 2.45) is 5.11 Å². The predicted molar refractivity (Wildman–Crippen MR) is 74.4 cm³/mol. The minimum absolute atomic E-state index is 0.0407. The summed E-state index contributed by atoms with van der Waals surface area (Å²) in [4.78, 5) is 12.0. The molecule has 0 N–H and O–H groups in total. The van der Waals surface area contributed by atoms with Crippen LogP contribution in [0.2, 0.25) is 0 Å². The summed E-state index contributed by atoms with van der Waals surface area (Å²) in [5.41, 5.74) is 10.6. The van der Waals surface area contributed by atoms with E-state index in [0.29, 0.717) is 17.2 Å². The molecular weight excluding hydrogens is 262 g/mol. The summed E-state index contributed by atoms with van der Waals surface area (Å²) in [6.45, 7) is 1.94. The Labute approximate surface area is 117 Å². The molecule has 0 saturated heterocycles. The van der Waals surface area contributed by atoms with E-state index in [1.54, 1.807) is 20.3 Å². The molecule has 0 aliphatic heterocycles. The Morgan fingerprint density at radius 1 is 1.25 bits per heavy atom. The van der Waals surface area contributed by atoms with Crippen molar-refractivity contribution in [1.29, 1.82) is 0 Å². The van der Waals surface area contributed by atoms with Crippen LogP contribution in [0, 0.1) is 6.92 Å². The van der Waals surface area contributed by atoms with Crippen LogP contribution in [-0.2, 0) is 9.78 Å². The second-order valence-electron chi connectivity index (χ2n) is 3.80. The minimum atomic E-state index is 0.0407. The van der Waals surface area contributed by atoms with Gasteiger partial charge in [-0.3, -0.25) is 0 Å². The number of methoxy groups -OCH3 is 2. The number of hydrogen-bond acceptors (Lipinski definition) is 5. The first kappa shape index (κ1) is 15.8. The Bertz CT molecular complexity index is 511. The summed E-state index contributed by atoms with van der Waals surface area (Å²) in [5, 5.41) is 3.55. The Morgan fingerprint density at radius 3 is 2.30 bits per heavy atom. The highest BCUT2D eigenvalue weighted by atomic mass is 17.2. The molecule has 0 unspecified atom stereocenters. The second-order valence-corrected chi connectivity index (χ2v) is 3.80. The Balaban J connectivity index is 3.19. The van der Waals surface area contributed by atoms with Crippen molar-refractivity contribution >= 4 is 6.08 Å². The first-order valence-corrected chi connectivity index (χ1v) is 5.80. The summed E-state index contributed by atoms with van der Waals surface area (Å²) in [6.07, 6.45) is 1.67. The van der Waals surface area contributed by atoms with Gasteiger partial charge in [-0.05, 0) is 36.2 Å². The maximum Gasteiger partial charge on any atom is 0.126 e. The van der Waals surface area contributed by atoms with E-state index in [1.807, 2.05) is 19.1 Å². The maximum absolute atomic E-state index is 8.53. The summed E-state index contributed by atoms with van der Waals surface area (Å²) in [6, 6.07) is 3.63. The van der Waals surface area contributed by atoms with E-state index in [-0.39, 0.29) is 6.61 Å². The molecule has 0 heterocycles. The zero-order valence-corrected chi connectivity index (χ0v) is 11.9. The minimum Gasteiger partial charge on any atom is -0.496 e. The van der Waals surface area contributed by atoms with Gasteiger partial charge >= 0.3 is 0 Å². The van der Waals surface area contributed by atoms with Gasteiger partial charge in [-0.2, -0.15) is 0 Å². The third-order valence-corrected chi connectivity index (χ3v) is 2.61. The van der Waals surface area contributed by atoms with Crippen molar-refractivity contribution in [3.63, 3.8) is 0 Å². The van der Waals surface area contributed by atoms with Gasteiger partial charge < -0.3 is 9.47 Å². The van der Waals surface area contributed by atoms with Crippen molar-refractivity contribution in [3.05, 3.63) is 39.4 Å². The number of rotatable bonds is 7. The van der Waals surface area contributed by atoms with Crippen molar-refractivity contribution in [3.8, 4) is 11.5 Å². The molecule has 108 valence electrons. The van der Waals surface area contributed by atoms with Gasteiger partial charge in [0.15, 0.2) is 0 Å². The van der Waals surface area contributed by atoms with E-state index in [9.17, 15) is 0 Å². The van der Waals surface area contributed by atoms with Crippen LogP contribution in [0.4, 0.5) is 0 Å². The normalized spacial score (nSPS) is 10.9. The Kier molecular flexibility index (Phi) is 6.39. The van der Waals surface area contributed by atoms with E-state index < -0.39 is 0 Å². The molecule has 0 aromatic heterocycles. The third kappa shape index (κ3) is 4.17. The maximum atomic E-state index is 8.53. The fourth-order valence-electron chi connectivity index (χ4n) is 1.66. The first-order chi connectivity index (χ1) is 9.65. The standard InChI is InChI=1S/C13H17N3O4/c1-9-12(17-2)6-10(7-13(9)18-3)5-11(15-16-14)8-20-19-4/h5-7H,8H2,1-4H3/b11-5-. The highest BCUT2D eigenvalue weighted by Crippen LogP contribution is 2.30. The van der Waals surface area contributed by atoms with Crippen LogP contribution in [-0.4, -0.2) is 27.9 Å². The molecule has 0 aliphatic rings. The van der Waals surface area contributed by atoms with Gasteiger partial charge in [-0.25, -0.2) is 9.78 Å². The molecular formula is C13H17N3O4. The number of nitrogens with zero attached hydrogens (tertiary/aromatic N) is 3. The molecule has 0 amide bonds. The zero-order chi connectivity index (χ0) is 15.0. The summed E-state index contributed by atoms with van der Waals surface area (Å²) < 4.78 is 10.6. The molecule has 7 heteroatoms.